The molecule has 114 valence electrons. The van der Waals surface area contributed by atoms with Crippen LogP contribution in [0.15, 0.2) is 4.99 Å². The second-order valence-electron chi connectivity index (χ2n) is 4.35. The third-order valence-corrected chi connectivity index (χ3v) is 3.63. The van der Waals surface area contributed by atoms with Crippen molar-refractivity contribution in [3.63, 3.8) is 0 Å². The number of nitrogens with zero attached hydrogens (tertiary/aromatic N) is 1. The van der Waals surface area contributed by atoms with Gasteiger partial charge in [0.05, 0.1) is 12.6 Å². The maximum absolute atomic E-state index is 10.8. The van der Waals surface area contributed by atoms with Crippen molar-refractivity contribution in [2.24, 2.45) is 4.99 Å². The number of amidine groups is 1. The number of carbonyl (C=O) groups is 2. The van der Waals surface area contributed by atoms with Crippen molar-refractivity contribution in [2.45, 2.75) is 31.4 Å². The van der Waals surface area contributed by atoms with Crippen LogP contribution in [0.4, 0.5) is 0 Å². The maximum atomic E-state index is 10.8. The molecule has 0 bridgehead atoms. The number of esters is 2. The van der Waals surface area contributed by atoms with Crippen molar-refractivity contribution in [1.82, 2.24) is 5.32 Å². The lowest BCUT2D eigenvalue weighted by atomic mass is 10.1. The van der Waals surface area contributed by atoms with Crippen LogP contribution in [0.1, 0.15) is 13.8 Å². The quantitative estimate of drug-likeness (QED) is 0.567. The zero-order valence-electron chi connectivity index (χ0n) is 11.8. The lowest BCUT2D eigenvalue weighted by Crippen LogP contribution is -2.37. The summed E-state index contributed by atoms with van der Waals surface area (Å²) in [5, 5.41) is 3.77. The predicted octanol–water partition coefficient (Wildman–Crippen LogP) is 0.0611. The molecule has 2 heterocycles. The van der Waals surface area contributed by atoms with Gasteiger partial charge in [0.2, 0.25) is 0 Å². The fraction of sp³-hybridized carbons (Fsp3) is 0.615. The molecular formula is C13H16N2O5S. The van der Waals surface area contributed by atoms with E-state index >= 15 is 0 Å². The van der Waals surface area contributed by atoms with Crippen LogP contribution in [0.25, 0.3) is 0 Å². The summed E-state index contributed by atoms with van der Waals surface area (Å²) < 4.78 is 15.4. The molecule has 0 aromatic rings. The van der Waals surface area contributed by atoms with Crippen LogP contribution in [0, 0.1) is 12.8 Å². The molecule has 2 aliphatic heterocycles. The molecule has 0 aromatic heterocycles. The molecule has 0 amide bonds. The third kappa shape index (κ3) is 5.20. The Bertz CT molecular complexity index is 429. The van der Waals surface area contributed by atoms with E-state index in [0.29, 0.717) is 11.7 Å². The summed E-state index contributed by atoms with van der Waals surface area (Å²) >= 11 is 1.42. The lowest BCUT2D eigenvalue weighted by molar-refractivity contribution is -0.145. The SMILES string of the molecule is CC(=O)OCCNC1=N[C@@H]2[C][C][C@H](COC(C)=O)O[C@@H]2S1. The van der Waals surface area contributed by atoms with Crippen molar-refractivity contribution >= 4 is 28.9 Å². The predicted molar refractivity (Wildman–Crippen MR) is 75.2 cm³/mol. The fourth-order valence-electron chi connectivity index (χ4n) is 1.68. The minimum absolute atomic E-state index is 0.126. The standard InChI is InChI=1S/C13H16N2O5S/c1-8(16)18-6-5-14-13-15-11-4-3-10(7-19-9(2)17)20-12(11)21-13/h10-12H,5-7H2,1-2H3,(H,14,15)/t10-,11-,12-/m1/s1. The highest BCUT2D eigenvalue weighted by atomic mass is 32.2. The van der Waals surface area contributed by atoms with Gasteiger partial charge in [-0.15, -0.1) is 0 Å². The molecule has 0 aromatic carbocycles. The van der Waals surface area contributed by atoms with E-state index in [1.165, 1.54) is 25.6 Å². The molecule has 0 saturated carbocycles. The summed E-state index contributed by atoms with van der Waals surface area (Å²) in [7, 11) is 0. The van der Waals surface area contributed by atoms with Gasteiger partial charge >= 0.3 is 11.9 Å². The van der Waals surface area contributed by atoms with E-state index < -0.39 is 6.10 Å². The molecule has 2 aliphatic rings. The lowest BCUT2D eigenvalue weighted by Gasteiger charge is -2.28. The van der Waals surface area contributed by atoms with E-state index in [0.717, 1.165) is 0 Å². The second-order valence-corrected chi connectivity index (χ2v) is 5.44. The number of carbonyl (C=O) groups excluding carboxylic acids is 2. The molecule has 7 nitrogen and oxygen atoms in total. The van der Waals surface area contributed by atoms with Crippen molar-refractivity contribution < 1.29 is 23.8 Å². The summed E-state index contributed by atoms with van der Waals surface area (Å²) in [4.78, 5) is 25.8. The number of aliphatic imine (C=N–C) groups is 1. The van der Waals surface area contributed by atoms with Gasteiger partial charge in [-0.3, -0.25) is 14.6 Å². The average Bonchev–Trinajstić information content (AvgIpc) is 2.83. The summed E-state index contributed by atoms with van der Waals surface area (Å²) in [6, 6.07) is -0.222. The third-order valence-electron chi connectivity index (χ3n) is 2.55. The van der Waals surface area contributed by atoms with Gasteiger partial charge in [0.25, 0.3) is 0 Å². The molecule has 3 atom stereocenters. The molecule has 4 radical (unpaired) electrons. The Morgan fingerprint density at radius 1 is 1.33 bits per heavy atom. The number of fused-ring (bicyclic) bond motifs is 1. The number of nitrogens with one attached hydrogen (secondary N) is 1. The van der Waals surface area contributed by atoms with E-state index in [9.17, 15) is 9.59 Å². The first-order valence-electron chi connectivity index (χ1n) is 6.46. The van der Waals surface area contributed by atoms with Crippen molar-refractivity contribution in [3.05, 3.63) is 12.8 Å². The van der Waals surface area contributed by atoms with Gasteiger partial charge in [-0.2, -0.15) is 0 Å². The van der Waals surface area contributed by atoms with Gasteiger partial charge in [-0.05, 0) is 0 Å². The monoisotopic (exact) mass is 312 g/mol. The number of rotatable bonds is 5. The largest absolute Gasteiger partial charge is 0.464 e. The maximum Gasteiger partial charge on any atom is 0.302 e. The van der Waals surface area contributed by atoms with Crippen LogP contribution in [0.5, 0.6) is 0 Å². The van der Waals surface area contributed by atoms with Crippen LogP contribution >= 0.6 is 11.8 Å². The minimum atomic E-state index is -0.418. The zero-order valence-corrected chi connectivity index (χ0v) is 12.6. The van der Waals surface area contributed by atoms with E-state index in [-0.39, 0.29) is 36.6 Å². The topological polar surface area (TPSA) is 86.2 Å². The first-order valence-corrected chi connectivity index (χ1v) is 7.34. The molecule has 0 aliphatic carbocycles. The smallest absolute Gasteiger partial charge is 0.302 e. The molecule has 1 saturated heterocycles. The van der Waals surface area contributed by atoms with E-state index in [4.69, 9.17) is 14.2 Å². The van der Waals surface area contributed by atoms with Crippen LogP contribution in [-0.2, 0) is 23.8 Å². The van der Waals surface area contributed by atoms with Gasteiger partial charge in [-0.1, -0.05) is 11.8 Å². The molecule has 8 heteroatoms. The first-order chi connectivity index (χ1) is 10.0. The Morgan fingerprint density at radius 2 is 2.10 bits per heavy atom. The summed E-state index contributed by atoms with van der Waals surface area (Å²) in [5.74, 6) is -0.667. The number of hydrogen-bond donors (Lipinski definition) is 1. The van der Waals surface area contributed by atoms with Crippen LogP contribution in [-0.4, -0.2) is 54.4 Å². The molecule has 0 unspecified atom stereocenters. The summed E-state index contributed by atoms with van der Waals surface area (Å²) in [5.41, 5.74) is -0.206. The highest BCUT2D eigenvalue weighted by Crippen LogP contribution is 2.34. The van der Waals surface area contributed by atoms with Crippen LogP contribution < -0.4 is 5.32 Å². The number of hydrogen-bond acceptors (Lipinski definition) is 8. The Morgan fingerprint density at radius 3 is 2.81 bits per heavy atom. The van der Waals surface area contributed by atoms with Gasteiger partial charge < -0.3 is 19.5 Å². The Labute approximate surface area is 127 Å². The van der Waals surface area contributed by atoms with Crippen molar-refractivity contribution in [1.29, 1.82) is 0 Å². The number of ether oxygens (including phenoxy) is 3. The van der Waals surface area contributed by atoms with Gasteiger partial charge in [-0.25, -0.2) is 0 Å². The molecule has 0 spiro atoms. The van der Waals surface area contributed by atoms with E-state index in [1.807, 2.05) is 0 Å². The Kier molecular flexibility index (Phi) is 5.86. The molecule has 21 heavy (non-hydrogen) atoms. The van der Waals surface area contributed by atoms with Gasteiger partial charge in [0, 0.05) is 26.7 Å². The van der Waals surface area contributed by atoms with E-state index in [1.54, 1.807) is 0 Å². The van der Waals surface area contributed by atoms with E-state index in [2.05, 4.69) is 23.2 Å². The molecule has 2 rings (SSSR count). The first kappa shape index (κ1) is 16.1. The second kappa shape index (κ2) is 7.65. The normalized spacial score (nSPS) is 27.5. The summed E-state index contributed by atoms with van der Waals surface area (Å²) in [6.07, 6.45) is 5.46. The van der Waals surface area contributed by atoms with Crippen molar-refractivity contribution in [2.75, 3.05) is 19.8 Å². The van der Waals surface area contributed by atoms with Crippen molar-refractivity contribution in [3.8, 4) is 0 Å². The molecule has 1 fully saturated rings. The molecule has 1 N–H and O–H groups in total. The van der Waals surface area contributed by atoms with Gasteiger partial charge in [0.15, 0.2) is 5.17 Å². The average molecular weight is 312 g/mol. The minimum Gasteiger partial charge on any atom is -0.464 e. The Hall–Kier alpha value is -1.28. The van der Waals surface area contributed by atoms with Gasteiger partial charge in [0.1, 0.15) is 24.8 Å². The highest BCUT2D eigenvalue weighted by Gasteiger charge is 2.38. The number of thioether (sulfide) groups is 1. The fourth-order valence-corrected chi connectivity index (χ4v) is 2.71. The molecular weight excluding hydrogens is 296 g/mol. The summed E-state index contributed by atoms with van der Waals surface area (Å²) in [6.45, 7) is 3.60. The van der Waals surface area contributed by atoms with Crippen LogP contribution in [0.3, 0.4) is 0 Å². The van der Waals surface area contributed by atoms with Crippen LogP contribution in [0.2, 0.25) is 0 Å². The highest BCUT2D eigenvalue weighted by molar-refractivity contribution is 8.14. The zero-order chi connectivity index (χ0) is 15.2. The Balaban J connectivity index is 1.69.